The Morgan fingerprint density at radius 3 is 2.67 bits per heavy atom. The molecule has 0 bridgehead atoms. The van der Waals surface area contributed by atoms with Crippen LogP contribution in [0.3, 0.4) is 0 Å². The number of rotatable bonds is 2. The number of piperidine rings is 1. The van der Waals surface area contributed by atoms with Crippen molar-refractivity contribution in [1.82, 2.24) is 19.7 Å². The molecule has 2 aromatic heterocycles. The molecule has 0 unspecified atom stereocenters. The molecular formula is C12H16N6. The zero-order valence-electron chi connectivity index (χ0n) is 10.2. The van der Waals surface area contributed by atoms with Gasteiger partial charge in [0.05, 0.1) is 0 Å². The highest BCUT2D eigenvalue weighted by Crippen LogP contribution is 2.18. The molecular weight excluding hydrogens is 228 g/mol. The van der Waals surface area contributed by atoms with Crippen LogP contribution in [0, 0.1) is 0 Å². The lowest BCUT2D eigenvalue weighted by atomic mass is 10.1. The largest absolute Gasteiger partial charge is 0.368 e. The van der Waals surface area contributed by atoms with Crippen LogP contribution in [0.15, 0.2) is 24.4 Å². The topological polar surface area (TPSA) is 72.9 Å². The normalized spacial score (nSPS) is 15.9. The van der Waals surface area contributed by atoms with Gasteiger partial charge in [0.1, 0.15) is 0 Å². The molecule has 2 N–H and O–H groups in total. The summed E-state index contributed by atoms with van der Waals surface area (Å²) in [5, 5.41) is 4.45. The summed E-state index contributed by atoms with van der Waals surface area (Å²) in [4.78, 5) is 10.7. The molecule has 3 rings (SSSR count). The van der Waals surface area contributed by atoms with Crippen molar-refractivity contribution in [3.05, 3.63) is 24.4 Å². The molecule has 0 radical (unpaired) electrons. The fourth-order valence-corrected chi connectivity index (χ4v) is 2.19. The lowest BCUT2D eigenvalue weighted by Gasteiger charge is -2.24. The molecule has 0 amide bonds. The van der Waals surface area contributed by atoms with Crippen molar-refractivity contribution in [3.8, 4) is 5.82 Å². The van der Waals surface area contributed by atoms with Gasteiger partial charge in [-0.05, 0) is 31.4 Å². The van der Waals surface area contributed by atoms with Crippen molar-refractivity contribution < 1.29 is 0 Å². The maximum absolute atomic E-state index is 5.90. The van der Waals surface area contributed by atoms with E-state index in [0.717, 1.165) is 13.1 Å². The fraction of sp³-hybridized carbons (Fsp3) is 0.417. The van der Waals surface area contributed by atoms with Gasteiger partial charge in [-0.1, -0.05) is 6.07 Å². The van der Waals surface area contributed by atoms with Crippen LogP contribution in [0.25, 0.3) is 5.82 Å². The molecule has 1 aliphatic rings. The van der Waals surface area contributed by atoms with Crippen LogP contribution in [-0.2, 0) is 0 Å². The average molecular weight is 244 g/mol. The minimum Gasteiger partial charge on any atom is -0.368 e. The Labute approximate surface area is 105 Å². The molecule has 1 fully saturated rings. The van der Waals surface area contributed by atoms with E-state index in [9.17, 15) is 0 Å². The molecule has 3 heterocycles. The Morgan fingerprint density at radius 2 is 1.94 bits per heavy atom. The molecule has 1 saturated heterocycles. The number of nitrogen functional groups attached to an aromatic ring is 1. The summed E-state index contributed by atoms with van der Waals surface area (Å²) in [6.07, 6.45) is 5.39. The van der Waals surface area contributed by atoms with Gasteiger partial charge in [0.15, 0.2) is 5.82 Å². The number of nitrogens with two attached hydrogens (primary N) is 1. The molecule has 6 nitrogen and oxygen atoms in total. The second-order valence-corrected chi connectivity index (χ2v) is 4.42. The van der Waals surface area contributed by atoms with Gasteiger partial charge >= 0.3 is 0 Å². The molecule has 0 atom stereocenters. The van der Waals surface area contributed by atoms with Crippen molar-refractivity contribution in [2.75, 3.05) is 23.7 Å². The van der Waals surface area contributed by atoms with E-state index in [0.29, 0.717) is 17.7 Å². The quantitative estimate of drug-likeness (QED) is 0.860. The van der Waals surface area contributed by atoms with Gasteiger partial charge < -0.3 is 10.6 Å². The van der Waals surface area contributed by atoms with E-state index >= 15 is 0 Å². The minimum atomic E-state index is 0.384. The van der Waals surface area contributed by atoms with Crippen molar-refractivity contribution in [2.45, 2.75) is 19.3 Å². The van der Waals surface area contributed by atoms with Gasteiger partial charge in [-0.2, -0.15) is 9.67 Å². The predicted molar refractivity (Wildman–Crippen MR) is 69.6 cm³/mol. The number of hydrogen-bond donors (Lipinski definition) is 1. The Hall–Kier alpha value is -2.11. The first-order valence-electron chi connectivity index (χ1n) is 6.23. The van der Waals surface area contributed by atoms with Crippen molar-refractivity contribution in [1.29, 1.82) is 0 Å². The van der Waals surface area contributed by atoms with E-state index in [2.05, 4.69) is 20.0 Å². The second kappa shape index (κ2) is 4.64. The third-order valence-corrected chi connectivity index (χ3v) is 3.13. The first-order chi connectivity index (χ1) is 8.84. The Kier molecular flexibility index (Phi) is 2.84. The minimum absolute atomic E-state index is 0.384. The molecule has 2 aromatic rings. The van der Waals surface area contributed by atoms with Crippen LogP contribution >= 0.6 is 0 Å². The summed E-state index contributed by atoms with van der Waals surface area (Å²) in [6.45, 7) is 2.01. The van der Waals surface area contributed by atoms with Crippen LogP contribution in [0.4, 0.5) is 11.9 Å². The number of nitrogens with zero attached hydrogens (tertiary/aromatic N) is 5. The van der Waals surface area contributed by atoms with Gasteiger partial charge in [0, 0.05) is 19.3 Å². The van der Waals surface area contributed by atoms with Gasteiger partial charge in [-0.15, -0.1) is 5.10 Å². The zero-order valence-corrected chi connectivity index (χ0v) is 10.2. The summed E-state index contributed by atoms with van der Waals surface area (Å²) < 4.78 is 1.59. The lowest BCUT2D eigenvalue weighted by molar-refractivity contribution is 0.567. The highest BCUT2D eigenvalue weighted by Gasteiger charge is 2.17. The van der Waals surface area contributed by atoms with Gasteiger partial charge in [0.25, 0.3) is 0 Å². The van der Waals surface area contributed by atoms with Crippen LogP contribution in [0.2, 0.25) is 0 Å². The molecule has 0 aromatic carbocycles. The first-order valence-corrected chi connectivity index (χ1v) is 6.23. The van der Waals surface area contributed by atoms with Crippen molar-refractivity contribution in [3.63, 3.8) is 0 Å². The Morgan fingerprint density at radius 1 is 1.11 bits per heavy atom. The summed E-state index contributed by atoms with van der Waals surface area (Å²) in [7, 11) is 0. The number of pyridine rings is 1. The first kappa shape index (κ1) is 11.0. The molecule has 18 heavy (non-hydrogen) atoms. The standard InChI is InChI=1S/C12H16N6/c13-11-15-12(17-8-4-1-5-9-17)16-18(11)10-6-2-3-7-14-10/h2-3,6-7H,1,4-5,8-9H2,(H2,13,15,16). The van der Waals surface area contributed by atoms with Gasteiger partial charge in [-0.25, -0.2) is 4.98 Å². The number of aromatic nitrogens is 4. The molecule has 0 spiro atoms. The van der Waals surface area contributed by atoms with Crippen molar-refractivity contribution in [2.24, 2.45) is 0 Å². The van der Waals surface area contributed by atoms with Crippen LogP contribution in [0.1, 0.15) is 19.3 Å². The average Bonchev–Trinajstić information content (AvgIpc) is 2.83. The summed E-state index contributed by atoms with van der Waals surface area (Å²) >= 11 is 0. The Balaban J connectivity index is 1.91. The smallest absolute Gasteiger partial charge is 0.247 e. The molecule has 6 heteroatoms. The zero-order chi connectivity index (χ0) is 12.4. The monoisotopic (exact) mass is 244 g/mol. The SMILES string of the molecule is Nc1nc(N2CCCCC2)nn1-c1ccccn1. The van der Waals surface area contributed by atoms with E-state index < -0.39 is 0 Å². The van der Waals surface area contributed by atoms with E-state index in [4.69, 9.17) is 5.73 Å². The summed E-state index contributed by atoms with van der Waals surface area (Å²) in [6, 6.07) is 5.64. The fourth-order valence-electron chi connectivity index (χ4n) is 2.19. The van der Waals surface area contributed by atoms with Crippen LogP contribution < -0.4 is 10.6 Å². The van der Waals surface area contributed by atoms with E-state index in [1.165, 1.54) is 19.3 Å². The molecule has 0 aliphatic carbocycles. The van der Waals surface area contributed by atoms with Crippen LogP contribution in [-0.4, -0.2) is 32.8 Å². The number of hydrogen-bond acceptors (Lipinski definition) is 5. The van der Waals surface area contributed by atoms with E-state index in [1.54, 1.807) is 10.9 Å². The van der Waals surface area contributed by atoms with E-state index in [-0.39, 0.29) is 0 Å². The van der Waals surface area contributed by atoms with E-state index in [1.807, 2.05) is 18.2 Å². The highest BCUT2D eigenvalue weighted by atomic mass is 15.5. The third kappa shape index (κ3) is 2.01. The maximum atomic E-state index is 5.90. The maximum Gasteiger partial charge on any atom is 0.247 e. The van der Waals surface area contributed by atoms with Gasteiger partial charge in [-0.3, -0.25) is 0 Å². The van der Waals surface area contributed by atoms with Crippen LogP contribution in [0.5, 0.6) is 0 Å². The summed E-state index contributed by atoms with van der Waals surface area (Å²) in [5.41, 5.74) is 5.90. The van der Waals surface area contributed by atoms with Crippen molar-refractivity contribution >= 4 is 11.9 Å². The molecule has 0 saturated carbocycles. The Bertz CT molecular complexity index is 515. The molecule has 94 valence electrons. The van der Waals surface area contributed by atoms with Gasteiger partial charge in [0.2, 0.25) is 11.9 Å². The highest BCUT2D eigenvalue weighted by molar-refractivity contribution is 5.40. The second-order valence-electron chi connectivity index (χ2n) is 4.42. The number of anilines is 2. The third-order valence-electron chi connectivity index (χ3n) is 3.13. The molecule has 1 aliphatic heterocycles. The lowest BCUT2D eigenvalue weighted by Crippen LogP contribution is -2.30. The summed E-state index contributed by atoms with van der Waals surface area (Å²) in [5.74, 6) is 1.79. The predicted octanol–water partition coefficient (Wildman–Crippen LogP) is 1.23.